The van der Waals surface area contributed by atoms with Gasteiger partial charge in [-0.15, -0.1) is 0 Å². The number of carbonyl (C=O) groups is 1. The molecule has 1 amide bonds. The monoisotopic (exact) mass is 337 g/mol. The standard InChI is InChI=1S/C21H27N3O/c1-15-8-10-16(11-9-15)13-20(19-7-2-3-12-23-19)24-21(25)18-6-4-5-17(18)14-22/h2-3,7-12,17-18,20H,4-6,13-14,22H2,1H3,(H,24,25)/t17-,18-,20?/m1/s1. The predicted molar refractivity (Wildman–Crippen MR) is 99.9 cm³/mol. The number of nitrogens with one attached hydrogen (secondary N) is 1. The molecule has 1 aromatic carbocycles. The lowest BCUT2D eigenvalue weighted by atomic mass is 9.94. The average molecular weight is 337 g/mol. The first-order valence-electron chi connectivity index (χ1n) is 9.14. The highest BCUT2D eigenvalue weighted by Gasteiger charge is 2.33. The Morgan fingerprint density at radius 1 is 1.24 bits per heavy atom. The maximum atomic E-state index is 12.8. The zero-order valence-corrected chi connectivity index (χ0v) is 14.8. The molecule has 1 aromatic heterocycles. The van der Waals surface area contributed by atoms with Gasteiger partial charge in [0.1, 0.15) is 0 Å². The largest absolute Gasteiger partial charge is 0.347 e. The van der Waals surface area contributed by atoms with E-state index >= 15 is 0 Å². The van der Waals surface area contributed by atoms with Crippen molar-refractivity contribution >= 4 is 5.91 Å². The van der Waals surface area contributed by atoms with Gasteiger partial charge in [0.05, 0.1) is 11.7 Å². The van der Waals surface area contributed by atoms with E-state index in [4.69, 9.17) is 5.73 Å². The molecular formula is C21H27N3O. The van der Waals surface area contributed by atoms with E-state index in [9.17, 15) is 4.79 Å². The van der Waals surface area contributed by atoms with Crippen LogP contribution >= 0.6 is 0 Å². The van der Waals surface area contributed by atoms with Crippen LogP contribution in [0.4, 0.5) is 0 Å². The minimum absolute atomic E-state index is 0.0363. The quantitative estimate of drug-likeness (QED) is 0.851. The van der Waals surface area contributed by atoms with E-state index in [1.54, 1.807) is 6.20 Å². The minimum atomic E-state index is -0.115. The fourth-order valence-electron chi connectivity index (χ4n) is 3.71. The van der Waals surface area contributed by atoms with Gasteiger partial charge in [0.15, 0.2) is 0 Å². The van der Waals surface area contributed by atoms with Crippen molar-refractivity contribution in [1.82, 2.24) is 10.3 Å². The third kappa shape index (κ3) is 4.45. The van der Waals surface area contributed by atoms with Crippen molar-refractivity contribution in [3.05, 3.63) is 65.5 Å². The molecule has 4 heteroatoms. The molecular weight excluding hydrogens is 310 g/mol. The number of benzene rings is 1. The Balaban J connectivity index is 1.76. The molecule has 25 heavy (non-hydrogen) atoms. The number of hydrogen-bond donors (Lipinski definition) is 2. The lowest BCUT2D eigenvalue weighted by Gasteiger charge is -2.23. The van der Waals surface area contributed by atoms with Crippen LogP contribution in [0.3, 0.4) is 0 Å². The highest BCUT2D eigenvalue weighted by Crippen LogP contribution is 2.31. The fourth-order valence-corrected chi connectivity index (χ4v) is 3.71. The zero-order chi connectivity index (χ0) is 17.6. The highest BCUT2D eigenvalue weighted by atomic mass is 16.2. The van der Waals surface area contributed by atoms with E-state index < -0.39 is 0 Å². The van der Waals surface area contributed by atoms with E-state index in [1.807, 2.05) is 18.2 Å². The maximum absolute atomic E-state index is 12.8. The van der Waals surface area contributed by atoms with Crippen LogP contribution in [0.2, 0.25) is 0 Å². The second-order valence-electron chi connectivity index (χ2n) is 7.04. The van der Waals surface area contributed by atoms with Gasteiger partial charge in [-0.25, -0.2) is 0 Å². The van der Waals surface area contributed by atoms with Crippen molar-refractivity contribution in [3.8, 4) is 0 Å². The Morgan fingerprint density at radius 3 is 2.72 bits per heavy atom. The van der Waals surface area contributed by atoms with Gasteiger partial charge in [-0.2, -0.15) is 0 Å². The average Bonchev–Trinajstić information content (AvgIpc) is 3.12. The number of hydrogen-bond acceptors (Lipinski definition) is 3. The molecule has 0 radical (unpaired) electrons. The van der Waals surface area contributed by atoms with E-state index in [2.05, 4.69) is 41.5 Å². The summed E-state index contributed by atoms with van der Waals surface area (Å²) in [6, 6.07) is 14.2. The van der Waals surface area contributed by atoms with Crippen molar-refractivity contribution in [2.45, 2.75) is 38.6 Å². The van der Waals surface area contributed by atoms with Crippen LogP contribution in [-0.4, -0.2) is 17.4 Å². The Kier molecular flexibility index (Phi) is 5.82. The molecule has 1 heterocycles. The van der Waals surface area contributed by atoms with Crippen molar-refractivity contribution in [3.63, 3.8) is 0 Å². The van der Waals surface area contributed by atoms with Gasteiger partial charge < -0.3 is 11.1 Å². The second-order valence-corrected chi connectivity index (χ2v) is 7.04. The number of nitrogens with zero attached hydrogens (tertiary/aromatic N) is 1. The SMILES string of the molecule is Cc1ccc(CC(NC(=O)[C@@H]2CCC[C@@H]2CN)c2ccccn2)cc1. The Morgan fingerprint density at radius 2 is 2.04 bits per heavy atom. The van der Waals surface area contributed by atoms with Crippen molar-refractivity contribution in [2.24, 2.45) is 17.6 Å². The summed E-state index contributed by atoms with van der Waals surface area (Å²) in [4.78, 5) is 17.3. The van der Waals surface area contributed by atoms with Crippen LogP contribution in [0, 0.1) is 18.8 Å². The van der Waals surface area contributed by atoms with Gasteiger partial charge in [0.2, 0.25) is 5.91 Å². The number of nitrogens with two attached hydrogens (primary N) is 1. The van der Waals surface area contributed by atoms with E-state index in [0.29, 0.717) is 12.5 Å². The van der Waals surface area contributed by atoms with Crippen LogP contribution in [0.15, 0.2) is 48.7 Å². The van der Waals surface area contributed by atoms with E-state index in [0.717, 1.165) is 31.4 Å². The molecule has 3 N–H and O–H groups in total. The van der Waals surface area contributed by atoms with E-state index in [-0.39, 0.29) is 17.9 Å². The third-order valence-corrected chi connectivity index (χ3v) is 5.22. The first-order chi connectivity index (χ1) is 12.2. The van der Waals surface area contributed by atoms with Crippen LogP contribution in [0.1, 0.15) is 42.1 Å². The van der Waals surface area contributed by atoms with Gasteiger partial charge in [0.25, 0.3) is 0 Å². The first-order valence-corrected chi connectivity index (χ1v) is 9.14. The van der Waals surface area contributed by atoms with Crippen molar-refractivity contribution < 1.29 is 4.79 Å². The summed E-state index contributed by atoms with van der Waals surface area (Å²) in [5.74, 6) is 0.466. The summed E-state index contributed by atoms with van der Waals surface area (Å²) in [5.41, 5.74) is 9.18. The predicted octanol–water partition coefficient (Wildman–Crippen LogP) is 3.17. The maximum Gasteiger partial charge on any atom is 0.223 e. The number of amides is 1. The van der Waals surface area contributed by atoms with Crippen LogP contribution in [0.25, 0.3) is 0 Å². The summed E-state index contributed by atoms with van der Waals surface area (Å²) < 4.78 is 0. The zero-order valence-electron chi connectivity index (χ0n) is 14.8. The normalized spacial score (nSPS) is 21.0. The van der Waals surface area contributed by atoms with Crippen LogP contribution in [0.5, 0.6) is 0 Å². The Hall–Kier alpha value is -2.20. The molecule has 3 atom stereocenters. The van der Waals surface area contributed by atoms with Gasteiger partial charge in [-0.05, 0) is 56.3 Å². The van der Waals surface area contributed by atoms with Crippen LogP contribution < -0.4 is 11.1 Å². The molecule has 1 aliphatic carbocycles. The molecule has 0 bridgehead atoms. The Labute approximate surface area is 149 Å². The molecule has 1 aliphatic rings. The fraction of sp³-hybridized carbons (Fsp3) is 0.429. The third-order valence-electron chi connectivity index (χ3n) is 5.22. The van der Waals surface area contributed by atoms with E-state index in [1.165, 1.54) is 11.1 Å². The summed E-state index contributed by atoms with van der Waals surface area (Å²) in [6.45, 7) is 2.67. The van der Waals surface area contributed by atoms with Gasteiger partial charge in [-0.1, -0.05) is 42.3 Å². The van der Waals surface area contributed by atoms with Gasteiger partial charge in [0, 0.05) is 12.1 Å². The number of carbonyl (C=O) groups excluding carboxylic acids is 1. The summed E-state index contributed by atoms with van der Waals surface area (Å²) in [5, 5.41) is 3.25. The molecule has 4 nitrogen and oxygen atoms in total. The summed E-state index contributed by atoms with van der Waals surface area (Å²) in [7, 11) is 0. The second kappa shape index (κ2) is 8.26. The van der Waals surface area contributed by atoms with Gasteiger partial charge >= 0.3 is 0 Å². The molecule has 132 valence electrons. The molecule has 0 spiro atoms. The topological polar surface area (TPSA) is 68.0 Å². The van der Waals surface area contributed by atoms with Crippen molar-refractivity contribution in [1.29, 1.82) is 0 Å². The number of pyridine rings is 1. The number of aryl methyl sites for hydroxylation is 1. The number of aromatic nitrogens is 1. The molecule has 1 unspecified atom stereocenters. The molecule has 0 aliphatic heterocycles. The molecule has 3 rings (SSSR count). The lowest BCUT2D eigenvalue weighted by molar-refractivity contribution is -0.126. The van der Waals surface area contributed by atoms with Gasteiger partial charge in [-0.3, -0.25) is 9.78 Å². The van der Waals surface area contributed by atoms with Crippen LogP contribution in [-0.2, 0) is 11.2 Å². The molecule has 1 saturated carbocycles. The molecule has 2 aromatic rings. The Bertz CT molecular complexity index is 684. The molecule has 0 saturated heterocycles. The highest BCUT2D eigenvalue weighted by molar-refractivity contribution is 5.79. The number of rotatable bonds is 6. The first kappa shape index (κ1) is 17.6. The smallest absolute Gasteiger partial charge is 0.223 e. The summed E-state index contributed by atoms with van der Waals surface area (Å²) >= 11 is 0. The lowest BCUT2D eigenvalue weighted by Crippen LogP contribution is -2.38. The molecule has 1 fully saturated rings. The summed E-state index contributed by atoms with van der Waals surface area (Å²) in [6.07, 6.45) is 5.60. The minimum Gasteiger partial charge on any atom is -0.347 e. The van der Waals surface area contributed by atoms with Crippen molar-refractivity contribution in [2.75, 3.05) is 6.54 Å².